The van der Waals surface area contributed by atoms with Crippen LogP contribution in [-0.2, 0) is 7.05 Å². The van der Waals surface area contributed by atoms with Gasteiger partial charge in [-0.15, -0.1) is 0 Å². The molecule has 1 aliphatic carbocycles. The molecule has 2 aromatic rings. The Morgan fingerprint density at radius 1 is 1.29 bits per heavy atom. The van der Waals surface area contributed by atoms with Crippen molar-refractivity contribution < 1.29 is 0 Å². The Bertz CT molecular complexity index is 653. The third kappa shape index (κ3) is 2.20. The van der Waals surface area contributed by atoms with Gasteiger partial charge >= 0.3 is 0 Å². The summed E-state index contributed by atoms with van der Waals surface area (Å²) < 4.78 is 5.20. The Morgan fingerprint density at radius 3 is 2.81 bits per heavy atom. The van der Waals surface area contributed by atoms with Gasteiger partial charge in [0.2, 0.25) is 0 Å². The van der Waals surface area contributed by atoms with Crippen LogP contribution in [0.5, 0.6) is 0 Å². The minimum atomic E-state index is 0.293. The van der Waals surface area contributed by atoms with Gasteiger partial charge in [-0.2, -0.15) is 10.2 Å². The van der Waals surface area contributed by atoms with Crippen molar-refractivity contribution in [2.24, 2.45) is 7.05 Å². The van der Waals surface area contributed by atoms with Crippen molar-refractivity contribution in [2.45, 2.75) is 44.1 Å². The summed E-state index contributed by atoms with van der Waals surface area (Å²) in [4.78, 5) is 0. The van der Waals surface area contributed by atoms with Gasteiger partial charge in [0.25, 0.3) is 0 Å². The van der Waals surface area contributed by atoms with Crippen LogP contribution in [0.3, 0.4) is 0 Å². The van der Waals surface area contributed by atoms with Crippen LogP contribution in [0, 0.1) is 0 Å². The highest BCUT2D eigenvalue weighted by atomic mass is 79.9. The Balaban J connectivity index is 1.75. The molecule has 0 saturated heterocycles. The summed E-state index contributed by atoms with van der Waals surface area (Å²) in [5.41, 5.74) is 2.49. The number of aryl methyl sites for hydroxylation is 1. The molecule has 4 rings (SSSR count). The molecule has 112 valence electrons. The molecule has 0 radical (unpaired) electrons. The van der Waals surface area contributed by atoms with Gasteiger partial charge in [0, 0.05) is 31.3 Å². The largest absolute Gasteiger partial charge is 0.369 e. The Hall–Kier alpha value is -1.30. The molecule has 1 fully saturated rings. The van der Waals surface area contributed by atoms with Crippen molar-refractivity contribution in [1.29, 1.82) is 0 Å². The first kappa shape index (κ1) is 13.4. The molecule has 2 aromatic heterocycles. The maximum absolute atomic E-state index is 4.97. The van der Waals surface area contributed by atoms with E-state index in [2.05, 4.69) is 37.2 Å². The van der Waals surface area contributed by atoms with Crippen LogP contribution in [-0.4, -0.2) is 26.1 Å². The molecule has 1 unspecified atom stereocenters. The van der Waals surface area contributed by atoms with Crippen LogP contribution < -0.4 is 5.32 Å². The third-order valence-electron chi connectivity index (χ3n) is 4.73. The highest BCUT2D eigenvalue weighted by molar-refractivity contribution is 9.10. The molecule has 1 atom stereocenters. The van der Waals surface area contributed by atoms with Crippen LogP contribution in [0.1, 0.15) is 55.3 Å². The third-order valence-corrected chi connectivity index (χ3v) is 5.52. The molecule has 1 N–H and O–H groups in total. The fraction of sp³-hybridized carbons (Fsp3) is 0.600. The number of hydrogen-bond donors (Lipinski definition) is 1. The predicted molar refractivity (Wildman–Crippen MR) is 85.6 cm³/mol. The SMILES string of the molecule is Cn1cc(C2CCNc3c(Br)c(C4CCCC4)nn32)cn1. The van der Waals surface area contributed by atoms with Gasteiger partial charge in [-0.05, 0) is 35.2 Å². The molecule has 0 amide bonds. The molecular formula is C15H20BrN5. The van der Waals surface area contributed by atoms with Crippen LogP contribution in [0.2, 0.25) is 0 Å². The summed E-state index contributed by atoms with van der Waals surface area (Å²) >= 11 is 3.79. The van der Waals surface area contributed by atoms with Gasteiger partial charge in [0.1, 0.15) is 5.82 Å². The molecule has 5 nitrogen and oxygen atoms in total. The normalized spacial score (nSPS) is 22.3. The molecule has 21 heavy (non-hydrogen) atoms. The van der Waals surface area contributed by atoms with E-state index in [0.29, 0.717) is 12.0 Å². The van der Waals surface area contributed by atoms with E-state index < -0.39 is 0 Å². The predicted octanol–water partition coefficient (Wildman–Crippen LogP) is 3.44. The number of nitrogens with one attached hydrogen (secondary N) is 1. The molecular weight excluding hydrogens is 330 g/mol. The lowest BCUT2D eigenvalue weighted by Gasteiger charge is -2.25. The number of fused-ring (bicyclic) bond motifs is 1. The molecule has 2 aliphatic rings. The molecule has 0 bridgehead atoms. The lowest BCUT2D eigenvalue weighted by Crippen LogP contribution is -2.24. The second-order valence-corrected chi connectivity index (χ2v) is 6.95. The zero-order chi connectivity index (χ0) is 14.4. The van der Waals surface area contributed by atoms with Gasteiger partial charge in [-0.25, -0.2) is 4.68 Å². The zero-order valence-electron chi connectivity index (χ0n) is 12.2. The summed E-state index contributed by atoms with van der Waals surface area (Å²) in [6, 6.07) is 0.293. The van der Waals surface area contributed by atoms with Crippen molar-refractivity contribution in [3.05, 3.63) is 28.1 Å². The quantitative estimate of drug-likeness (QED) is 0.903. The van der Waals surface area contributed by atoms with Crippen LogP contribution in [0.15, 0.2) is 16.9 Å². The highest BCUT2D eigenvalue weighted by Crippen LogP contribution is 2.42. The van der Waals surface area contributed by atoms with E-state index in [-0.39, 0.29) is 0 Å². The average Bonchev–Trinajstić information content (AvgIpc) is 3.19. The smallest absolute Gasteiger partial charge is 0.139 e. The topological polar surface area (TPSA) is 47.7 Å². The number of rotatable bonds is 2. The molecule has 6 heteroatoms. The summed E-state index contributed by atoms with van der Waals surface area (Å²) in [7, 11) is 1.97. The summed E-state index contributed by atoms with van der Waals surface area (Å²) in [5.74, 6) is 1.76. The number of halogens is 1. The van der Waals surface area contributed by atoms with Gasteiger partial charge in [-0.3, -0.25) is 4.68 Å². The monoisotopic (exact) mass is 349 g/mol. The van der Waals surface area contributed by atoms with Crippen molar-refractivity contribution >= 4 is 21.7 Å². The van der Waals surface area contributed by atoms with Crippen molar-refractivity contribution in [3.63, 3.8) is 0 Å². The first-order valence-corrected chi connectivity index (χ1v) is 8.53. The van der Waals surface area contributed by atoms with Gasteiger partial charge in [-0.1, -0.05) is 12.8 Å². The molecule has 1 aliphatic heterocycles. The first-order valence-electron chi connectivity index (χ1n) is 7.74. The maximum Gasteiger partial charge on any atom is 0.139 e. The second-order valence-electron chi connectivity index (χ2n) is 6.15. The summed E-state index contributed by atoms with van der Waals surface area (Å²) in [6.07, 6.45) is 10.3. The Morgan fingerprint density at radius 2 is 2.10 bits per heavy atom. The molecule has 0 aromatic carbocycles. The number of anilines is 1. The second kappa shape index (κ2) is 5.16. The Kier molecular flexibility index (Phi) is 3.28. The van der Waals surface area contributed by atoms with E-state index in [0.717, 1.165) is 18.8 Å². The van der Waals surface area contributed by atoms with E-state index in [9.17, 15) is 0 Å². The number of nitrogens with zero attached hydrogens (tertiary/aromatic N) is 4. The minimum Gasteiger partial charge on any atom is -0.369 e. The fourth-order valence-corrected chi connectivity index (χ4v) is 4.37. The lowest BCUT2D eigenvalue weighted by molar-refractivity contribution is 0.473. The lowest BCUT2D eigenvalue weighted by atomic mass is 10.0. The molecule has 3 heterocycles. The van der Waals surface area contributed by atoms with E-state index in [4.69, 9.17) is 5.10 Å². The van der Waals surface area contributed by atoms with Crippen molar-refractivity contribution in [1.82, 2.24) is 19.6 Å². The molecule has 1 saturated carbocycles. The maximum atomic E-state index is 4.97. The standard InChI is InChI=1S/C15H20BrN5/c1-20-9-11(8-18-20)12-6-7-17-15-13(16)14(19-21(12)15)10-4-2-3-5-10/h8-10,12,17H,2-7H2,1H3. The van der Waals surface area contributed by atoms with E-state index in [1.54, 1.807) is 0 Å². The first-order chi connectivity index (χ1) is 10.2. The number of aromatic nitrogens is 4. The summed E-state index contributed by atoms with van der Waals surface area (Å²) in [5, 5.41) is 12.8. The van der Waals surface area contributed by atoms with E-state index in [1.165, 1.54) is 41.4 Å². The van der Waals surface area contributed by atoms with Crippen LogP contribution >= 0.6 is 15.9 Å². The average molecular weight is 350 g/mol. The van der Waals surface area contributed by atoms with Crippen molar-refractivity contribution in [2.75, 3.05) is 11.9 Å². The molecule has 0 spiro atoms. The van der Waals surface area contributed by atoms with Gasteiger partial charge in [0.15, 0.2) is 0 Å². The van der Waals surface area contributed by atoms with Crippen LogP contribution in [0.25, 0.3) is 0 Å². The van der Waals surface area contributed by atoms with Gasteiger partial charge in [0.05, 0.1) is 22.4 Å². The van der Waals surface area contributed by atoms with Gasteiger partial charge < -0.3 is 5.32 Å². The van der Waals surface area contributed by atoms with E-state index in [1.807, 2.05) is 17.9 Å². The summed E-state index contributed by atoms with van der Waals surface area (Å²) in [6.45, 7) is 0.980. The minimum absolute atomic E-state index is 0.293. The highest BCUT2D eigenvalue weighted by Gasteiger charge is 2.31. The zero-order valence-corrected chi connectivity index (χ0v) is 13.8. The van der Waals surface area contributed by atoms with E-state index >= 15 is 0 Å². The number of hydrogen-bond acceptors (Lipinski definition) is 3. The Labute approximate surface area is 132 Å². The fourth-order valence-electron chi connectivity index (χ4n) is 3.65. The van der Waals surface area contributed by atoms with Crippen molar-refractivity contribution in [3.8, 4) is 0 Å². The van der Waals surface area contributed by atoms with Crippen LogP contribution in [0.4, 0.5) is 5.82 Å².